The highest BCUT2D eigenvalue weighted by atomic mass is 35.5. The number of nitrogens with one attached hydrogen (secondary N) is 1. The molecule has 0 atom stereocenters. The zero-order chi connectivity index (χ0) is 18.0. The Labute approximate surface area is 182 Å². The summed E-state index contributed by atoms with van der Waals surface area (Å²) >= 11 is 1.62. The van der Waals surface area contributed by atoms with Crippen molar-refractivity contribution in [1.82, 2.24) is 15.2 Å². The van der Waals surface area contributed by atoms with Crippen molar-refractivity contribution in [1.29, 1.82) is 0 Å². The first-order chi connectivity index (χ1) is 12.6. The topological polar surface area (TPSA) is 54.5 Å². The molecular formula is C20H27Cl2N3O2S. The summed E-state index contributed by atoms with van der Waals surface area (Å²) in [7, 11) is 0. The second kappa shape index (κ2) is 9.92. The van der Waals surface area contributed by atoms with Gasteiger partial charge in [-0.1, -0.05) is 6.07 Å². The van der Waals surface area contributed by atoms with E-state index in [1.54, 1.807) is 11.3 Å². The van der Waals surface area contributed by atoms with Crippen LogP contribution >= 0.6 is 36.2 Å². The van der Waals surface area contributed by atoms with Crippen molar-refractivity contribution in [2.24, 2.45) is 5.41 Å². The molecule has 154 valence electrons. The first-order valence-corrected chi connectivity index (χ1v) is 10.2. The number of thiazole rings is 1. The molecule has 2 fully saturated rings. The number of ether oxygens (including phenoxy) is 1. The smallest absolute Gasteiger partial charge is 0.253 e. The Kier molecular flexibility index (Phi) is 8.13. The number of hydrogen-bond acceptors (Lipinski definition) is 5. The van der Waals surface area contributed by atoms with Crippen LogP contribution in [0, 0.1) is 12.3 Å². The van der Waals surface area contributed by atoms with Gasteiger partial charge in [0.2, 0.25) is 0 Å². The van der Waals surface area contributed by atoms with Gasteiger partial charge < -0.3 is 15.0 Å². The maximum atomic E-state index is 12.9. The number of carbonyl (C=O) groups is 1. The van der Waals surface area contributed by atoms with E-state index in [9.17, 15) is 4.79 Å². The number of halogens is 2. The minimum absolute atomic E-state index is 0. The van der Waals surface area contributed by atoms with E-state index in [2.05, 4.69) is 10.3 Å². The molecule has 2 aliphatic rings. The van der Waals surface area contributed by atoms with E-state index in [0.29, 0.717) is 17.6 Å². The second-order valence-corrected chi connectivity index (χ2v) is 8.46. The van der Waals surface area contributed by atoms with Gasteiger partial charge in [0.05, 0.1) is 10.7 Å². The summed E-state index contributed by atoms with van der Waals surface area (Å²) < 4.78 is 5.82. The van der Waals surface area contributed by atoms with Gasteiger partial charge in [-0.3, -0.25) is 4.79 Å². The summed E-state index contributed by atoms with van der Waals surface area (Å²) in [5.41, 5.74) is 2.06. The molecule has 5 nitrogen and oxygen atoms in total. The fourth-order valence-corrected chi connectivity index (χ4v) is 4.54. The van der Waals surface area contributed by atoms with Crippen LogP contribution in [-0.2, 0) is 6.61 Å². The molecule has 4 rings (SSSR count). The Morgan fingerprint density at radius 1 is 1.29 bits per heavy atom. The largest absolute Gasteiger partial charge is 0.487 e. The van der Waals surface area contributed by atoms with Gasteiger partial charge in [0.15, 0.2) is 0 Å². The van der Waals surface area contributed by atoms with Crippen LogP contribution < -0.4 is 10.1 Å². The lowest BCUT2D eigenvalue weighted by Gasteiger charge is -2.38. The Hall–Kier alpha value is -1.34. The van der Waals surface area contributed by atoms with Crippen LogP contribution in [0.15, 0.2) is 29.6 Å². The quantitative estimate of drug-likeness (QED) is 0.772. The highest BCUT2D eigenvalue weighted by Crippen LogP contribution is 2.37. The fourth-order valence-electron chi connectivity index (χ4n) is 3.94. The van der Waals surface area contributed by atoms with Crippen LogP contribution in [0.1, 0.15) is 40.3 Å². The fraction of sp³-hybridized carbons (Fsp3) is 0.500. The van der Waals surface area contributed by atoms with Gasteiger partial charge in [-0.05, 0) is 56.3 Å². The third-order valence-electron chi connectivity index (χ3n) is 5.58. The van der Waals surface area contributed by atoms with Crippen LogP contribution in [0.3, 0.4) is 0 Å². The van der Waals surface area contributed by atoms with Crippen molar-refractivity contribution in [3.8, 4) is 5.75 Å². The van der Waals surface area contributed by atoms with Gasteiger partial charge in [-0.25, -0.2) is 4.98 Å². The van der Waals surface area contributed by atoms with Gasteiger partial charge >= 0.3 is 0 Å². The van der Waals surface area contributed by atoms with Gasteiger partial charge in [0.1, 0.15) is 12.4 Å². The first kappa shape index (κ1) is 22.9. The summed E-state index contributed by atoms with van der Waals surface area (Å²) in [6, 6.07) is 7.51. The van der Waals surface area contributed by atoms with Crippen LogP contribution in [-0.4, -0.2) is 42.0 Å². The van der Waals surface area contributed by atoms with Crippen molar-refractivity contribution < 1.29 is 9.53 Å². The standard InChI is InChI=1S/C20H25N3O2S.2ClH/c1-15-22-17(13-26-15)12-25-18-4-2-3-16(11-18)19(24)23-9-6-20(7-10-23)5-8-21-14-20;;/h2-4,11,13,21H,5-10,12,14H2,1H3;2*1H. The van der Waals surface area contributed by atoms with E-state index in [0.717, 1.165) is 55.5 Å². The molecule has 0 bridgehead atoms. The average Bonchev–Trinajstić information content (AvgIpc) is 3.30. The summed E-state index contributed by atoms with van der Waals surface area (Å²) in [6.45, 7) is 6.34. The van der Waals surface area contributed by atoms with Gasteiger partial charge in [0, 0.05) is 30.6 Å². The van der Waals surface area contributed by atoms with Crippen molar-refractivity contribution in [2.45, 2.75) is 32.8 Å². The van der Waals surface area contributed by atoms with Crippen LogP contribution in [0.25, 0.3) is 0 Å². The van der Waals surface area contributed by atoms with Crippen molar-refractivity contribution in [3.63, 3.8) is 0 Å². The number of aryl methyl sites for hydroxylation is 1. The number of carbonyl (C=O) groups excluding carboxylic acids is 1. The van der Waals surface area contributed by atoms with E-state index in [1.165, 1.54) is 6.42 Å². The van der Waals surface area contributed by atoms with Gasteiger partial charge in [-0.2, -0.15) is 0 Å². The molecule has 8 heteroatoms. The zero-order valence-electron chi connectivity index (χ0n) is 16.0. The molecule has 3 heterocycles. The molecule has 1 spiro atoms. The van der Waals surface area contributed by atoms with E-state index >= 15 is 0 Å². The summed E-state index contributed by atoms with van der Waals surface area (Å²) in [5, 5.41) is 6.51. The summed E-state index contributed by atoms with van der Waals surface area (Å²) in [6.07, 6.45) is 3.45. The van der Waals surface area contributed by atoms with Gasteiger partial charge in [-0.15, -0.1) is 36.2 Å². The molecule has 1 amide bonds. The lowest BCUT2D eigenvalue weighted by molar-refractivity contribution is 0.0607. The normalized spacial score (nSPS) is 17.7. The molecule has 1 aromatic heterocycles. The molecule has 1 aromatic carbocycles. The molecule has 0 aliphatic carbocycles. The van der Waals surface area contributed by atoms with Crippen molar-refractivity contribution in [2.75, 3.05) is 26.2 Å². The van der Waals surface area contributed by atoms with E-state index in [-0.39, 0.29) is 30.7 Å². The predicted molar refractivity (Wildman–Crippen MR) is 117 cm³/mol. The lowest BCUT2D eigenvalue weighted by Crippen LogP contribution is -2.44. The Bertz CT molecular complexity index is 783. The highest BCUT2D eigenvalue weighted by molar-refractivity contribution is 7.09. The summed E-state index contributed by atoms with van der Waals surface area (Å²) in [5.74, 6) is 0.829. The molecule has 2 aromatic rings. The molecule has 2 saturated heterocycles. The number of amides is 1. The SMILES string of the molecule is Cc1nc(COc2cccc(C(=O)N3CCC4(CCNC4)CC3)c2)cs1.Cl.Cl. The first-order valence-electron chi connectivity index (χ1n) is 9.27. The minimum Gasteiger partial charge on any atom is -0.487 e. The lowest BCUT2D eigenvalue weighted by atomic mass is 9.78. The van der Waals surface area contributed by atoms with Crippen LogP contribution in [0.2, 0.25) is 0 Å². The van der Waals surface area contributed by atoms with Gasteiger partial charge in [0.25, 0.3) is 5.91 Å². The Morgan fingerprint density at radius 2 is 2.07 bits per heavy atom. The zero-order valence-corrected chi connectivity index (χ0v) is 18.4. The number of benzene rings is 1. The van der Waals surface area contributed by atoms with Crippen LogP contribution in [0.5, 0.6) is 5.75 Å². The number of likely N-dealkylation sites (tertiary alicyclic amines) is 1. The number of nitrogens with zero attached hydrogens (tertiary/aromatic N) is 2. The minimum atomic E-state index is 0. The maximum Gasteiger partial charge on any atom is 0.253 e. The Balaban J connectivity index is 0.00000140. The third-order valence-corrected chi connectivity index (χ3v) is 6.40. The maximum absolute atomic E-state index is 12.9. The molecule has 2 aliphatic heterocycles. The number of piperidine rings is 1. The molecule has 28 heavy (non-hydrogen) atoms. The van der Waals surface area contributed by atoms with Crippen molar-refractivity contribution in [3.05, 3.63) is 45.9 Å². The predicted octanol–water partition coefficient (Wildman–Crippen LogP) is 4.09. The molecular weight excluding hydrogens is 417 g/mol. The van der Waals surface area contributed by atoms with E-state index in [1.807, 2.05) is 41.5 Å². The molecule has 0 saturated carbocycles. The summed E-state index contributed by atoms with van der Waals surface area (Å²) in [4.78, 5) is 19.3. The third kappa shape index (κ3) is 5.17. The molecule has 1 N–H and O–H groups in total. The highest BCUT2D eigenvalue weighted by Gasteiger charge is 2.38. The average molecular weight is 444 g/mol. The second-order valence-electron chi connectivity index (χ2n) is 7.39. The number of hydrogen-bond donors (Lipinski definition) is 1. The van der Waals surface area contributed by atoms with E-state index in [4.69, 9.17) is 4.74 Å². The monoisotopic (exact) mass is 443 g/mol. The Morgan fingerprint density at radius 3 is 2.71 bits per heavy atom. The van der Waals surface area contributed by atoms with Crippen LogP contribution in [0.4, 0.5) is 0 Å². The molecule has 0 radical (unpaired) electrons. The van der Waals surface area contributed by atoms with E-state index < -0.39 is 0 Å². The molecule has 0 unspecified atom stereocenters. The number of rotatable bonds is 4. The number of aromatic nitrogens is 1. The van der Waals surface area contributed by atoms with Crippen molar-refractivity contribution >= 4 is 42.1 Å².